The summed E-state index contributed by atoms with van der Waals surface area (Å²) in [4.78, 5) is 15.0. The van der Waals surface area contributed by atoms with Crippen molar-refractivity contribution >= 4 is 27.3 Å². The first kappa shape index (κ1) is 18.0. The van der Waals surface area contributed by atoms with E-state index in [2.05, 4.69) is 6.07 Å². The number of carbonyl (C=O) groups excluding carboxylic acids is 1. The van der Waals surface area contributed by atoms with Crippen LogP contribution < -0.4 is 9.21 Å². The van der Waals surface area contributed by atoms with Crippen molar-refractivity contribution in [3.8, 4) is 0 Å². The van der Waals surface area contributed by atoms with E-state index in [1.165, 1.54) is 9.87 Å². The molecule has 0 spiro atoms. The highest BCUT2D eigenvalue weighted by atomic mass is 32.2. The second-order valence-electron chi connectivity index (χ2n) is 7.29. The second kappa shape index (κ2) is 7.00. The van der Waals surface area contributed by atoms with E-state index in [4.69, 9.17) is 0 Å². The quantitative estimate of drug-likeness (QED) is 0.796. The van der Waals surface area contributed by atoms with Crippen LogP contribution in [0.5, 0.6) is 0 Å². The van der Waals surface area contributed by atoms with Crippen molar-refractivity contribution in [1.82, 2.24) is 0 Å². The SMILES string of the molecule is Cc1cc(C(=O)N2CCCc3ccccc32)ccc1N1CCCCS1(=O)=O. The number of hydrogen-bond acceptors (Lipinski definition) is 3. The number of amides is 1. The molecule has 5 nitrogen and oxygen atoms in total. The molecule has 2 aromatic rings. The number of rotatable bonds is 2. The molecule has 27 heavy (non-hydrogen) atoms. The lowest BCUT2D eigenvalue weighted by molar-refractivity contribution is 0.0985. The molecule has 0 atom stereocenters. The Morgan fingerprint density at radius 1 is 0.963 bits per heavy atom. The fourth-order valence-electron chi connectivity index (χ4n) is 4.03. The van der Waals surface area contributed by atoms with E-state index in [0.717, 1.165) is 30.5 Å². The van der Waals surface area contributed by atoms with Gasteiger partial charge in [-0.05, 0) is 68.0 Å². The van der Waals surface area contributed by atoms with E-state index in [1.807, 2.05) is 36.1 Å². The minimum absolute atomic E-state index is 0.0294. The number of nitrogens with zero attached hydrogens (tertiary/aromatic N) is 2. The molecular formula is C21H24N2O3S. The summed E-state index contributed by atoms with van der Waals surface area (Å²) in [7, 11) is -3.25. The molecule has 0 radical (unpaired) electrons. The Morgan fingerprint density at radius 3 is 2.56 bits per heavy atom. The summed E-state index contributed by atoms with van der Waals surface area (Å²) < 4.78 is 26.3. The normalized spacial score (nSPS) is 18.9. The summed E-state index contributed by atoms with van der Waals surface area (Å²) in [5.74, 6) is 0.163. The van der Waals surface area contributed by atoms with Crippen molar-refractivity contribution in [2.75, 3.05) is 28.0 Å². The molecule has 0 unspecified atom stereocenters. The van der Waals surface area contributed by atoms with Crippen LogP contribution in [0.1, 0.15) is 40.7 Å². The molecule has 2 aliphatic heterocycles. The summed E-state index contributed by atoms with van der Waals surface area (Å²) in [5, 5.41) is 0. The van der Waals surface area contributed by atoms with Crippen molar-refractivity contribution in [3.63, 3.8) is 0 Å². The Hall–Kier alpha value is -2.34. The largest absolute Gasteiger partial charge is 0.308 e. The molecule has 4 rings (SSSR count). The second-order valence-corrected chi connectivity index (χ2v) is 9.30. The third-order valence-corrected chi connectivity index (χ3v) is 7.27. The summed E-state index contributed by atoms with van der Waals surface area (Å²) in [5.41, 5.74) is 4.28. The van der Waals surface area contributed by atoms with E-state index < -0.39 is 10.0 Å². The topological polar surface area (TPSA) is 57.7 Å². The van der Waals surface area contributed by atoms with Crippen molar-refractivity contribution in [2.45, 2.75) is 32.6 Å². The standard InChI is InChI=1S/C21H24N2O3S/c1-16-15-18(10-11-19(16)23-13-4-5-14-27(23,25)26)21(24)22-12-6-8-17-7-2-3-9-20(17)22/h2-3,7,9-11,15H,4-6,8,12-14H2,1H3. The molecule has 2 aromatic carbocycles. The van der Waals surface area contributed by atoms with E-state index in [0.29, 0.717) is 30.8 Å². The molecule has 1 fully saturated rings. The maximum absolute atomic E-state index is 13.1. The predicted octanol–water partition coefficient (Wildman–Crippen LogP) is 3.52. The number of carbonyl (C=O) groups is 1. The number of fused-ring (bicyclic) bond motifs is 1. The zero-order valence-electron chi connectivity index (χ0n) is 15.5. The fourth-order valence-corrected chi connectivity index (χ4v) is 5.73. The lowest BCUT2D eigenvalue weighted by Gasteiger charge is -2.31. The lowest BCUT2D eigenvalue weighted by atomic mass is 10.0. The van der Waals surface area contributed by atoms with Crippen LogP contribution in [0.25, 0.3) is 0 Å². The summed E-state index contributed by atoms with van der Waals surface area (Å²) in [6.45, 7) is 3.09. The highest BCUT2D eigenvalue weighted by Crippen LogP contribution is 2.31. The van der Waals surface area contributed by atoms with Crippen molar-refractivity contribution in [3.05, 3.63) is 59.2 Å². The number of sulfonamides is 1. The predicted molar refractivity (Wildman–Crippen MR) is 108 cm³/mol. The first-order valence-corrected chi connectivity index (χ1v) is 11.1. The first-order chi connectivity index (χ1) is 13.0. The Labute approximate surface area is 160 Å². The minimum atomic E-state index is -3.25. The van der Waals surface area contributed by atoms with Crippen LogP contribution in [0, 0.1) is 6.92 Å². The molecule has 2 aliphatic rings. The van der Waals surface area contributed by atoms with Gasteiger partial charge in [0.15, 0.2) is 0 Å². The van der Waals surface area contributed by atoms with E-state index >= 15 is 0 Å². The van der Waals surface area contributed by atoms with Crippen LogP contribution in [-0.4, -0.2) is 33.2 Å². The molecule has 0 aliphatic carbocycles. The Kier molecular flexibility index (Phi) is 4.68. The smallest absolute Gasteiger partial charge is 0.258 e. The van der Waals surface area contributed by atoms with Gasteiger partial charge in [0.1, 0.15) is 0 Å². The van der Waals surface area contributed by atoms with Crippen molar-refractivity contribution in [1.29, 1.82) is 0 Å². The van der Waals surface area contributed by atoms with Gasteiger partial charge in [-0.2, -0.15) is 0 Å². The van der Waals surface area contributed by atoms with Gasteiger partial charge in [-0.3, -0.25) is 9.10 Å². The van der Waals surface area contributed by atoms with Gasteiger partial charge in [0.2, 0.25) is 10.0 Å². The van der Waals surface area contributed by atoms with Crippen LogP contribution in [0.2, 0.25) is 0 Å². The van der Waals surface area contributed by atoms with E-state index in [-0.39, 0.29) is 11.7 Å². The highest BCUT2D eigenvalue weighted by molar-refractivity contribution is 7.92. The lowest BCUT2D eigenvalue weighted by Crippen LogP contribution is -2.38. The van der Waals surface area contributed by atoms with Crippen molar-refractivity contribution in [2.24, 2.45) is 0 Å². The van der Waals surface area contributed by atoms with Crippen LogP contribution >= 0.6 is 0 Å². The number of para-hydroxylation sites is 1. The van der Waals surface area contributed by atoms with E-state index in [1.54, 1.807) is 12.1 Å². The summed E-state index contributed by atoms with van der Waals surface area (Å²) in [6.07, 6.45) is 3.52. The summed E-state index contributed by atoms with van der Waals surface area (Å²) in [6, 6.07) is 13.4. The molecule has 142 valence electrons. The Morgan fingerprint density at radius 2 is 1.78 bits per heavy atom. The van der Waals surface area contributed by atoms with Gasteiger partial charge in [0, 0.05) is 24.3 Å². The number of hydrogen-bond donors (Lipinski definition) is 0. The molecule has 0 saturated carbocycles. The molecule has 2 heterocycles. The highest BCUT2D eigenvalue weighted by Gasteiger charge is 2.28. The molecule has 0 N–H and O–H groups in total. The molecule has 1 saturated heterocycles. The van der Waals surface area contributed by atoms with Gasteiger partial charge in [-0.25, -0.2) is 8.42 Å². The Bertz CT molecular complexity index is 985. The summed E-state index contributed by atoms with van der Waals surface area (Å²) >= 11 is 0. The minimum Gasteiger partial charge on any atom is -0.308 e. The average molecular weight is 385 g/mol. The van der Waals surface area contributed by atoms with Gasteiger partial charge < -0.3 is 4.90 Å². The third kappa shape index (κ3) is 3.34. The molecule has 1 amide bonds. The van der Waals surface area contributed by atoms with Gasteiger partial charge in [0.25, 0.3) is 5.91 Å². The van der Waals surface area contributed by atoms with Gasteiger partial charge >= 0.3 is 0 Å². The maximum atomic E-state index is 13.1. The zero-order valence-corrected chi connectivity index (χ0v) is 16.3. The van der Waals surface area contributed by atoms with Gasteiger partial charge in [-0.15, -0.1) is 0 Å². The molecule has 6 heteroatoms. The first-order valence-electron chi connectivity index (χ1n) is 9.48. The average Bonchev–Trinajstić information content (AvgIpc) is 2.67. The van der Waals surface area contributed by atoms with Gasteiger partial charge in [0.05, 0.1) is 11.4 Å². The van der Waals surface area contributed by atoms with Gasteiger partial charge in [-0.1, -0.05) is 18.2 Å². The van der Waals surface area contributed by atoms with Crippen LogP contribution in [0.3, 0.4) is 0 Å². The van der Waals surface area contributed by atoms with Crippen LogP contribution in [-0.2, 0) is 16.4 Å². The van der Waals surface area contributed by atoms with Crippen LogP contribution in [0.15, 0.2) is 42.5 Å². The fraction of sp³-hybridized carbons (Fsp3) is 0.381. The Balaban J connectivity index is 1.64. The molecule has 0 bridgehead atoms. The maximum Gasteiger partial charge on any atom is 0.258 e. The molecule has 0 aromatic heterocycles. The van der Waals surface area contributed by atoms with Crippen LogP contribution in [0.4, 0.5) is 11.4 Å². The van der Waals surface area contributed by atoms with E-state index in [9.17, 15) is 13.2 Å². The number of anilines is 2. The third-order valence-electron chi connectivity index (χ3n) is 5.42. The number of benzene rings is 2. The zero-order chi connectivity index (χ0) is 19.0. The number of aryl methyl sites for hydroxylation is 2. The monoisotopic (exact) mass is 384 g/mol. The van der Waals surface area contributed by atoms with Crippen molar-refractivity contribution < 1.29 is 13.2 Å². The molecular weight excluding hydrogens is 360 g/mol.